The van der Waals surface area contributed by atoms with Crippen LogP contribution in [-0.4, -0.2) is 36.3 Å². The molecule has 0 aliphatic heterocycles. The zero-order valence-electron chi connectivity index (χ0n) is 8.56. The number of ether oxygens (including phenoxy) is 1. The fourth-order valence-electron chi connectivity index (χ4n) is 1.09. The van der Waals surface area contributed by atoms with Crippen molar-refractivity contribution in [2.75, 3.05) is 20.3 Å². The molecule has 0 amide bonds. The van der Waals surface area contributed by atoms with Crippen LogP contribution in [-0.2, 0) is 11.3 Å². The lowest BCUT2D eigenvalue weighted by molar-refractivity contribution is 0.0690. The molecule has 1 aromatic heterocycles. The number of carboxylic acids is 1. The molecule has 2 N–H and O–H groups in total. The lowest BCUT2D eigenvalue weighted by atomic mass is 10.3. The van der Waals surface area contributed by atoms with Crippen LogP contribution >= 0.6 is 0 Å². The fourth-order valence-corrected chi connectivity index (χ4v) is 1.09. The quantitative estimate of drug-likeness (QED) is 0.669. The zero-order chi connectivity index (χ0) is 11.1. The first-order chi connectivity index (χ1) is 7.24. The molecule has 0 aromatic carbocycles. The summed E-state index contributed by atoms with van der Waals surface area (Å²) < 4.78 is 4.86. The molecular formula is C10H14N2O3. The molecule has 0 bridgehead atoms. The molecule has 0 spiro atoms. The van der Waals surface area contributed by atoms with Crippen LogP contribution in [0.4, 0.5) is 0 Å². The maximum atomic E-state index is 10.6. The van der Waals surface area contributed by atoms with Crippen LogP contribution in [0.15, 0.2) is 18.2 Å². The number of nitrogens with zero attached hydrogens (tertiary/aromatic N) is 1. The Bertz CT molecular complexity index is 328. The Labute approximate surface area is 88.1 Å². The van der Waals surface area contributed by atoms with E-state index in [1.807, 2.05) is 0 Å². The molecule has 0 radical (unpaired) electrons. The zero-order valence-corrected chi connectivity index (χ0v) is 8.56. The van der Waals surface area contributed by atoms with Gasteiger partial charge in [0.05, 0.1) is 12.3 Å². The topological polar surface area (TPSA) is 71.5 Å². The first-order valence-electron chi connectivity index (χ1n) is 4.63. The average Bonchev–Trinajstić information content (AvgIpc) is 2.25. The fraction of sp³-hybridized carbons (Fsp3) is 0.400. The Morgan fingerprint density at radius 2 is 2.40 bits per heavy atom. The standard InChI is InChI=1S/C10H14N2O3/c1-15-6-5-11-7-8-3-2-4-9(12-8)10(13)14/h2-4,11H,5-7H2,1H3,(H,13,14). The van der Waals surface area contributed by atoms with Crippen molar-refractivity contribution in [2.45, 2.75) is 6.54 Å². The summed E-state index contributed by atoms with van der Waals surface area (Å²) in [5, 5.41) is 11.8. The summed E-state index contributed by atoms with van der Waals surface area (Å²) in [5.41, 5.74) is 0.784. The molecule has 5 nitrogen and oxygen atoms in total. The van der Waals surface area contributed by atoms with E-state index in [0.717, 1.165) is 6.54 Å². The van der Waals surface area contributed by atoms with Gasteiger partial charge in [0.1, 0.15) is 5.69 Å². The van der Waals surface area contributed by atoms with Crippen molar-refractivity contribution in [3.8, 4) is 0 Å². The minimum atomic E-state index is -1.01. The smallest absolute Gasteiger partial charge is 0.354 e. The van der Waals surface area contributed by atoms with Gasteiger partial charge >= 0.3 is 5.97 Å². The van der Waals surface area contributed by atoms with Crippen LogP contribution in [0.5, 0.6) is 0 Å². The second kappa shape index (κ2) is 6.10. The number of methoxy groups -OCH3 is 1. The first-order valence-corrected chi connectivity index (χ1v) is 4.63. The van der Waals surface area contributed by atoms with Gasteiger partial charge in [-0.25, -0.2) is 9.78 Å². The van der Waals surface area contributed by atoms with Crippen molar-refractivity contribution >= 4 is 5.97 Å². The van der Waals surface area contributed by atoms with E-state index in [9.17, 15) is 4.79 Å². The molecule has 5 heteroatoms. The van der Waals surface area contributed by atoms with Gasteiger partial charge in [-0.15, -0.1) is 0 Å². The Kier molecular flexibility index (Phi) is 4.73. The summed E-state index contributed by atoms with van der Waals surface area (Å²) in [6.07, 6.45) is 0. The van der Waals surface area contributed by atoms with Crippen LogP contribution in [0.3, 0.4) is 0 Å². The van der Waals surface area contributed by atoms with Gasteiger partial charge in [0.15, 0.2) is 0 Å². The highest BCUT2D eigenvalue weighted by Crippen LogP contribution is 1.98. The molecule has 1 heterocycles. The average molecular weight is 210 g/mol. The van der Waals surface area contributed by atoms with Crippen molar-refractivity contribution < 1.29 is 14.6 Å². The van der Waals surface area contributed by atoms with Crippen molar-refractivity contribution in [3.63, 3.8) is 0 Å². The Hall–Kier alpha value is -1.46. The van der Waals surface area contributed by atoms with Crippen LogP contribution in [0, 0.1) is 0 Å². The predicted octanol–water partition coefficient (Wildman–Crippen LogP) is 0.516. The molecule has 0 aliphatic rings. The minimum absolute atomic E-state index is 0.0704. The van der Waals surface area contributed by atoms with Gasteiger partial charge in [-0.1, -0.05) is 6.07 Å². The predicted molar refractivity (Wildman–Crippen MR) is 54.8 cm³/mol. The van der Waals surface area contributed by atoms with E-state index < -0.39 is 5.97 Å². The van der Waals surface area contributed by atoms with Gasteiger partial charge in [-0.2, -0.15) is 0 Å². The van der Waals surface area contributed by atoms with Gasteiger partial charge in [0, 0.05) is 20.2 Å². The summed E-state index contributed by atoms with van der Waals surface area (Å²) in [4.78, 5) is 14.6. The van der Waals surface area contributed by atoms with E-state index in [1.54, 1.807) is 19.2 Å². The maximum absolute atomic E-state index is 10.6. The number of carboxylic acid groups (broad SMARTS) is 1. The summed E-state index contributed by atoms with van der Waals surface area (Å²) >= 11 is 0. The SMILES string of the molecule is COCCNCc1cccc(C(=O)O)n1. The minimum Gasteiger partial charge on any atom is -0.477 e. The number of hydrogen-bond donors (Lipinski definition) is 2. The lowest BCUT2D eigenvalue weighted by Crippen LogP contribution is -2.19. The number of aromatic nitrogens is 1. The highest BCUT2D eigenvalue weighted by molar-refractivity contribution is 5.85. The largest absolute Gasteiger partial charge is 0.477 e. The Morgan fingerprint density at radius 3 is 3.07 bits per heavy atom. The molecule has 0 atom stereocenters. The van der Waals surface area contributed by atoms with Crippen LogP contribution in [0.25, 0.3) is 0 Å². The molecule has 1 aromatic rings. The lowest BCUT2D eigenvalue weighted by Gasteiger charge is -2.03. The Balaban J connectivity index is 2.47. The molecule has 0 aliphatic carbocycles. The van der Waals surface area contributed by atoms with Gasteiger partial charge < -0.3 is 15.2 Å². The number of nitrogens with one attached hydrogen (secondary N) is 1. The van der Waals surface area contributed by atoms with Crippen LogP contribution in [0.2, 0.25) is 0 Å². The third-order valence-electron chi connectivity index (χ3n) is 1.81. The van der Waals surface area contributed by atoms with Crippen molar-refractivity contribution in [2.24, 2.45) is 0 Å². The number of hydrogen-bond acceptors (Lipinski definition) is 4. The molecule has 1 rings (SSSR count). The molecular weight excluding hydrogens is 196 g/mol. The molecule has 0 saturated carbocycles. The highest BCUT2D eigenvalue weighted by Gasteiger charge is 2.04. The van der Waals surface area contributed by atoms with Crippen molar-refractivity contribution in [1.82, 2.24) is 10.3 Å². The van der Waals surface area contributed by atoms with E-state index in [0.29, 0.717) is 18.8 Å². The van der Waals surface area contributed by atoms with Crippen molar-refractivity contribution in [3.05, 3.63) is 29.6 Å². The molecule has 0 fully saturated rings. The van der Waals surface area contributed by atoms with Gasteiger partial charge in [0.25, 0.3) is 0 Å². The van der Waals surface area contributed by atoms with Gasteiger partial charge in [-0.05, 0) is 12.1 Å². The second-order valence-electron chi connectivity index (χ2n) is 2.99. The first kappa shape index (κ1) is 11.6. The summed E-state index contributed by atoms with van der Waals surface area (Å²) in [6.45, 7) is 1.89. The third-order valence-corrected chi connectivity index (χ3v) is 1.81. The summed E-state index contributed by atoms with van der Waals surface area (Å²) in [5.74, 6) is -1.01. The normalized spacial score (nSPS) is 10.2. The van der Waals surface area contributed by atoms with Gasteiger partial charge in [0.2, 0.25) is 0 Å². The maximum Gasteiger partial charge on any atom is 0.354 e. The van der Waals surface area contributed by atoms with E-state index in [4.69, 9.17) is 9.84 Å². The van der Waals surface area contributed by atoms with E-state index >= 15 is 0 Å². The number of aromatic carboxylic acids is 1. The van der Waals surface area contributed by atoms with E-state index in [1.165, 1.54) is 6.07 Å². The Morgan fingerprint density at radius 1 is 1.60 bits per heavy atom. The third kappa shape index (κ3) is 4.05. The number of pyridine rings is 1. The number of rotatable bonds is 6. The highest BCUT2D eigenvalue weighted by atomic mass is 16.5. The van der Waals surface area contributed by atoms with Crippen molar-refractivity contribution in [1.29, 1.82) is 0 Å². The second-order valence-corrected chi connectivity index (χ2v) is 2.99. The van der Waals surface area contributed by atoms with Gasteiger partial charge in [-0.3, -0.25) is 0 Å². The molecule has 82 valence electrons. The number of carbonyl (C=O) groups is 1. The van der Waals surface area contributed by atoms with Crippen LogP contribution < -0.4 is 5.32 Å². The van der Waals surface area contributed by atoms with E-state index in [-0.39, 0.29) is 5.69 Å². The van der Waals surface area contributed by atoms with E-state index in [2.05, 4.69) is 10.3 Å². The summed E-state index contributed by atoms with van der Waals surface area (Å²) in [7, 11) is 1.63. The molecule has 0 saturated heterocycles. The molecule has 15 heavy (non-hydrogen) atoms. The molecule has 0 unspecified atom stereocenters. The van der Waals surface area contributed by atoms with Crippen LogP contribution in [0.1, 0.15) is 16.2 Å². The monoisotopic (exact) mass is 210 g/mol. The summed E-state index contributed by atoms with van der Waals surface area (Å²) in [6, 6.07) is 4.94.